The number of carbonyl (C=O) groups excluding carboxylic acids is 1. The van der Waals surface area contributed by atoms with Crippen LogP contribution in [0.1, 0.15) is 18.4 Å². The summed E-state index contributed by atoms with van der Waals surface area (Å²) >= 11 is 0. The van der Waals surface area contributed by atoms with Crippen molar-refractivity contribution in [2.45, 2.75) is 25.4 Å². The highest BCUT2D eigenvalue weighted by atomic mass is 19.1. The van der Waals surface area contributed by atoms with Crippen molar-refractivity contribution in [2.24, 2.45) is 0 Å². The fourth-order valence-corrected chi connectivity index (χ4v) is 3.25. The van der Waals surface area contributed by atoms with Crippen molar-refractivity contribution in [3.63, 3.8) is 0 Å². The summed E-state index contributed by atoms with van der Waals surface area (Å²) in [6.07, 6.45) is 5.67. The summed E-state index contributed by atoms with van der Waals surface area (Å²) in [5.74, 6) is 0.761. The lowest BCUT2D eigenvalue weighted by Gasteiger charge is -2.11. The smallest absolute Gasteiger partial charge is 0.263 e. The van der Waals surface area contributed by atoms with Crippen LogP contribution in [0.25, 0.3) is 27.8 Å². The molecule has 1 fully saturated rings. The lowest BCUT2D eigenvalue weighted by Crippen LogP contribution is -2.25. The van der Waals surface area contributed by atoms with Gasteiger partial charge in [0.1, 0.15) is 11.6 Å². The van der Waals surface area contributed by atoms with Gasteiger partial charge in [-0.25, -0.2) is 23.9 Å². The molecule has 0 aliphatic heterocycles. The minimum Gasteiger partial charge on any atom is -0.373 e. The van der Waals surface area contributed by atoms with Crippen LogP contribution in [-0.2, 0) is 4.79 Å². The molecular weight excluding hydrogens is 373 g/mol. The number of pyridine rings is 3. The third-order valence-corrected chi connectivity index (χ3v) is 5.07. The third-order valence-electron chi connectivity index (χ3n) is 5.07. The van der Waals surface area contributed by atoms with E-state index in [2.05, 4.69) is 30.7 Å². The van der Waals surface area contributed by atoms with Crippen LogP contribution in [0.3, 0.4) is 0 Å². The van der Waals surface area contributed by atoms with E-state index in [1.165, 1.54) is 0 Å². The quantitative estimate of drug-likeness (QED) is 0.555. The van der Waals surface area contributed by atoms with Crippen molar-refractivity contribution in [1.82, 2.24) is 24.6 Å². The summed E-state index contributed by atoms with van der Waals surface area (Å²) in [6.45, 7) is 1.98. The van der Waals surface area contributed by atoms with Crippen LogP contribution in [0.15, 0.2) is 36.8 Å². The highest BCUT2D eigenvalue weighted by Crippen LogP contribution is 2.40. The van der Waals surface area contributed by atoms with Crippen LogP contribution in [0.2, 0.25) is 0 Å². The normalized spacial score (nSPS) is 14.9. The van der Waals surface area contributed by atoms with E-state index in [1.807, 2.05) is 25.3 Å². The van der Waals surface area contributed by atoms with Gasteiger partial charge in [0.25, 0.3) is 5.91 Å². The largest absolute Gasteiger partial charge is 0.373 e. The molecule has 4 heterocycles. The molecule has 4 aromatic rings. The number of nitrogens with one attached hydrogen (secondary N) is 2. The zero-order valence-electron chi connectivity index (χ0n) is 15.9. The van der Waals surface area contributed by atoms with E-state index in [1.54, 1.807) is 30.0 Å². The minimum absolute atomic E-state index is 0.246. The Labute approximate surface area is 165 Å². The molecule has 0 radical (unpaired) electrons. The van der Waals surface area contributed by atoms with Gasteiger partial charge >= 0.3 is 0 Å². The summed E-state index contributed by atoms with van der Waals surface area (Å²) in [4.78, 5) is 25.4. The lowest BCUT2D eigenvalue weighted by atomic mass is 10.1. The average Bonchev–Trinajstić information content (AvgIpc) is 3.33. The van der Waals surface area contributed by atoms with Gasteiger partial charge < -0.3 is 10.6 Å². The fraction of sp³-hybridized carbons (Fsp3) is 0.250. The first-order valence-corrected chi connectivity index (χ1v) is 9.27. The van der Waals surface area contributed by atoms with Crippen LogP contribution in [0.4, 0.5) is 16.0 Å². The summed E-state index contributed by atoms with van der Waals surface area (Å²) < 4.78 is 15.7. The highest BCUT2D eigenvalue weighted by Gasteiger charge is 2.51. The van der Waals surface area contributed by atoms with Gasteiger partial charge in [0.2, 0.25) is 0 Å². The Morgan fingerprint density at radius 1 is 1.21 bits per heavy atom. The van der Waals surface area contributed by atoms with Gasteiger partial charge in [-0.05, 0) is 37.5 Å². The zero-order valence-corrected chi connectivity index (χ0v) is 15.9. The molecule has 0 spiro atoms. The van der Waals surface area contributed by atoms with Gasteiger partial charge in [0.15, 0.2) is 17.1 Å². The number of aryl methyl sites for hydroxylation is 1. The summed E-state index contributed by atoms with van der Waals surface area (Å²) in [5.41, 5.74) is 0.707. The molecule has 9 heteroatoms. The van der Waals surface area contributed by atoms with E-state index in [0.717, 1.165) is 16.3 Å². The Morgan fingerprint density at radius 3 is 2.79 bits per heavy atom. The molecule has 1 aliphatic carbocycles. The van der Waals surface area contributed by atoms with Gasteiger partial charge in [-0.3, -0.25) is 4.79 Å². The van der Waals surface area contributed by atoms with Crippen molar-refractivity contribution >= 4 is 34.0 Å². The number of nitrogens with zero attached hydrogens (tertiary/aromatic N) is 5. The molecule has 2 N–H and O–H groups in total. The molecule has 0 bridgehead atoms. The summed E-state index contributed by atoms with van der Waals surface area (Å²) in [6, 6.07) is 5.57. The van der Waals surface area contributed by atoms with Crippen LogP contribution in [-0.4, -0.2) is 43.2 Å². The molecule has 8 nitrogen and oxygen atoms in total. The molecule has 4 aromatic heterocycles. The maximum Gasteiger partial charge on any atom is 0.263 e. The topological polar surface area (TPSA) is 97.1 Å². The lowest BCUT2D eigenvalue weighted by molar-refractivity contribution is -0.122. The first-order valence-electron chi connectivity index (χ1n) is 9.27. The van der Waals surface area contributed by atoms with Crippen molar-refractivity contribution in [1.29, 1.82) is 0 Å². The predicted octanol–water partition coefficient (Wildman–Crippen LogP) is 3.13. The fourth-order valence-electron chi connectivity index (χ4n) is 3.25. The second kappa shape index (κ2) is 6.20. The number of anilines is 2. The predicted molar refractivity (Wildman–Crippen MR) is 108 cm³/mol. The number of halogens is 1. The van der Waals surface area contributed by atoms with Crippen molar-refractivity contribution < 1.29 is 9.18 Å². The van der Waals surface area contributed by atoms with E-state index in [0.29, 0.717) is 22.9 Å². The van der Waals surface area contributed by atoms with E-state index in [4.69, 9.17) is 0 Å². The van der Waals surface area contributed by atoms with Gasteiger partial charge in [0.05, 0.1) is 0 Å². The van der Waals surface area contributed by atoms with Crippen LogP contribution >= 0.6 is 0 Å². The Kier molecular flexibility index (Phi) is 3.73. The van der Waals surface area contributed by atoms with E-state index in [9.17, 15) is 9.18 Å². The number of hydrogen-bond acceptors (Lipinski definition) is 6. The molecule has 0 aromatic carbocycles. The van der Waals surface area contributed by atoms with Gasteiger partial charge in [-0.1, -0.05) is 6.07 Å². The maximum absolute atomic E-state index is 14.0. The van der Waals surface area contributed by atoms with Crippen molar-refractivity contribution in [3.05, 3.63) is 42.4 Å². The second-order valence-electron chi connectivity index (χ2n) is 7.25. The number of hydrogen-bond donors (Lipinski definition) is 2. The third kappa shape index (κ3) is 2.95. The second-order valence-corrected chi connectivity index (χ2v) is 7.25. The molecule has 0 atom stereocenters. The molecule has 0 saturated heterocycles. The van der Waals surface area contributed by atoms with Crippen LogP contribution in [0.5, 0.6) is 0 Å². The molecule has 0 unspecified atom stereocenters. The van der Waals surface area contributed by atoms with Crippen LogP contribution < -0.4 is 10.6 Å². The number of aromatic nitrogens is 5. The molecule has 5 rings (SSSR count). The molecule has 1 saturated carbocycles. The van der Waals surface area contributed by atoms with E-state index >= 15 is 0 Å². The van der Waals surface area contributed by atoms with Crippen LogP contribution in [0, 0.1) is 6.92 Å². The Hall–Kier alpha value is -3.62. The average molecular weight is 391 g/mol. The van der Waals surface area contributed by atoms with E-state index < -0.39 is 11.6 Å². The first kappa shape index (κ1) is 17.5. The summed E-state index contributed by atoms with van der Waals surface area (Å²) in [7, 11) is 1.77. The Bertz CT molecular complexity index is 1280. The molecule has 146 valence electrons. The Balaban J connectivity index is 1.65. The molecule has 1 aliphatic rings. The molecule has 1 amide bonds. The van der Waals surface area contributed by atoms with Crippen molar-refractivity contribution in [2.75, 3.05) is 17.7 Å². The first-order chi connectivity index (χ1) is 14.0. The highest BCUT2D eigenvalue weighted by molar-refractivity contribution is 6.04. The zero-order chi connectivity index (χ0) is 20.2. The molecular formula is C20H18FN7O. The Morgan fingerprint density at radius 2 is 2.03 bits per heavy atom. The monoisotopic (exact) mass is 391 g/mol. The SMILES string of the molecule is CNc1ncc(-c2nc3ccc(C)cn3n2)c2cc(NC(=O)C3(F)CC3)ncc12. The molecule has 29 heavy (non-hydrogen) atoms. The number of fused-ring (bicyclic) bond motifs is 2. The van der Waals surface area contributed by atoms with Gasteiger partial charge in [0, 0.05) is 42.0 Å². The van der Waals surface area contributed by atoms with Gasteiger partial charge in [-0.15, -0.1) is 5.10 Å². The van der Waals surface area contributed by atoms with Gasteiger partial charge in [-0.2, -0.15) is 0 Å². The number of rotatable bonds is 4. The summed E-state index contributed by atoms with van der Waals surface area (Å²) in [5, 5.41) is 11.7. The minimum atomic E-state index is -1.77. The standard InChI is InChI=1S/C20H18FN7O/c1-11-3-4-16-26-18(27-28(16)10-11)14-9-24-17(22-2)13-8-23-15(7-12(13)14)25-19(29)20(21)5-6-20/h3-4,7-10H,5-6H2,1-2H3,(H,22,24)(H,23,25,29). The van der Waals surface area contributed by atoms with E-state index in [-0.39, 0.29) is 18.7 Å². The maximum atomic E-state index is 14.0. The number of carbonyl (C=O) groups is 1. The number of alkyl halides is 1. The van der Waals surface area contributed by atoms with Crippen molar-refractivity contribution in [3.8, 4) is 11.4 Å². The number of amides is 1.